The molecule has 1 atom stereocenters. The molecule has 126 valence electrons. The highest BCUT2D eigenvalue weighted by Crippen LogP contribution is 2.32. The molecular formula is C17H24N2O4. The molecule has 3 rings (SSSR count). The molecule has 6 heteroatoms. The SMILES string of the molecule is COCCN(Cc1ccc2c(c1)OCO2)C(=O)CC1CCCN1. The zero-order chi connectivity index (χ0) is 16.1. The van der Waals surface area contributed by atoms with Crippen molar-refractivity contribution in [2.75, 3.05) is 33.6 Å². The summed E-state index contributed by atoms with van der Waals surface area (Å²) in [6, 6.07) is 6.14. The van der Waals surface area contributed by atoms with Gasteiger partial charge in [-0.3, -0.25) is 4.79 Å². The predicted octanol–water partition coefficient (Wildman–Crippen LogP) is 1.53. The van der Waals surface area contributed by atoms with Crippen LogP contribution in [-0.4, -0.2) is 50.4 Å². The molecule has 1 N–H and O–H groups in total. The van der Waals surface area contributed by atoms with Gasteiger partial charge in [0.1, 0.15) is 0 Å². The summed E-state index contributed by atoms with van der Waals surface area (Å²) < 4.78 is 15.9. The van der Waals surface area contributed by atoms with Crippen LogP contribution in [0.5, 0.6) is 11.5 Å². The van der Waals surface area contributed by atoms with Gasteiger partial charge in [-0.1, -0.05) is 6.07 Å². The van der Waals surface area contributed by atoms with Crippen molar-refractivity contribution < 1.29 is 19.0 Å². The van der Waals surface area contributed by atoms with Gasteiger partial charge in [-0.25, -0.2) is 0 Å². The van der Waals surface area contributed by atoms with Gasteiger partial charge in [0, 0.05) is 32.7 Å². The number of nitrogens with one attached hydrogen (secondary N) is 1. The maximum absolute atomic E-state index is 12.6. The minimum absolute atomic E-state index is 0.166. The quantitative estimate of drug-likeness (QED) is 0.826. The first-order valence-electron chi connectivity index (χ1n) is 8.15. The number of amides is 1. The Labute approximate surface area is 136 Å². The van der Waals surface area contributed by atoms with Crippen LogP contribution >= 0.6 is 0 Å². The number of rotatable bonds is 7. The third-order valence-corrected chi connectivity index (χ3v) is 4.31. The summed E-state index contributed by atoms with van der Waals surface area (Å²) in [6.45, 7) is 2.97. The fraction of sp³-hybridized carbons (Fsp3) is 0.588. The Morgan fingerprint density at radius 1 is 1.39 bits per heavy atom. The summed E-state index contributed by atoms with van der Waals surface area (Å²) in [6.07, 6.45) is 2.78. The Morgan fingerprint density at radius 3 is 3.04 bits per heavy atom. The normalized spacial score (nSPS) is 19.1. The van der Waals surface area contributed by atoms with Crippen LogP contribution < -0.4 is 14.8 Å². The lowest BCUT2D eigenvalue weighted by molar-refractivity contribution is -0.133. The maximum Gasteiger partial charge on any atom is 0.231 e. The van der Waals surface area contributed by atoms with Crippen molar-refractivity contribution in [2.24, 2.45) is 0 Å². The molecule has 6 nitrogen and oxygen atoms in total. The minimum atomic E-state index is 0.166. The van der Waals surface area contributed by atoms with Crippen molar-refractivity contribution >= 4 is 5.91 Å². The van der Waals surface area contributed by atoms with Crippen molar-refractivity contribution in [3.8, 4) is 11.5 Å². The van der Waals surface area contributed by atoms with Gasteiger partial charge in [0.05, 0.1) is 6.61 Å². The molecule has 23 heavy (non-hydrogen) atoms. The molecule has 1 aromatic rings. The van der Waals surface area contributed by atoms with E-state index < -0.39 is 0 Å². The van der Waals surface area contributed by atoms with Crippen molar-refractivity contribution in [2.45, 2.75) is 31.8 Å². The van der Waals surface area contributed by atoms with Gasteiger partial charge in [-0.2, -0.15) is 0 Å². The molecule has 1 aromatic carbocycles. The Kier molecular flexibility index (Phi) is 5.35. The summed E-state index contributed by atoms with van der Waals surface area (Å²) in [5.74, 6) is 1.68. The second kappa shape index (κ2) is 7.66. The molecule has 1 unspecified atom stereocenters. The molecular weight excluding hydrogens is 296 g/mol. The zero-order valence-corrected chi connectivity index (χ0v) is 13.5. The second-order valence-corrected chi connectivity index (χ2v) is 5.99. The predicted molar refractivity (Wildman–Crippen MR) is 85.5 cm³/mol. The number of methoxy groups -OCH3 is 1. The molecule has 1 amide bonds. The van der Waals surface area contributed by atoms with Gasteiger partial charge in [0.15, 0.2) is 11.5 Å². The topological polar surface area (TPSA) is 60.0 Å². The van der Waals surface area contributed by atoms with Crippen molar-refractivity contribution in [3.63, 3.8) is 0 Å². The summed E-state index contributed by atoms with van der Waals surface area (Å²) >= 11 is 0. The Balaban J connectivity index is 1.64. The molecule has 1 saturated heterocycles. The van der Waals surface area contributed by atoms with Crippen molar-refractivity contribution in [1.29, 1.82) is 0 Å². The second-order valence-electron chi connectivity index (χ2n) is 5.99. The highest BCUT2D eigenvalue weighted by molar-refractivity contribution is 5.77. The van der Waals surface area contributed by atoms with E-state index >= 15 is 0 Å². The smallest absolute Gasteiger partial charge is 0.231 e. The summed E-state index contributed by atoms with van der Waals surface area (Å²) in [5, 5.41) is 3.38. The molecule has 2 aliphatic heterocycles. The van der Waals surface area contributed by atoms with Crippen LogP contribution in [0.1, 0.15) is 24.8 Å². The molecule has 0 spiro atoms. The Morgan fingerprint density at radius 2 is 2.26 bits per heavy atom. The summed E-state index contributed by atoms with van der Waals surface area (Å²) in [5.41, 5.74) is 1.04. The van der Waals surface area contributed by atoms with Crippen molar-refractivity contribution in [1.82, 2.24) is 10.2 Å². The molecule has 0 aliphatic carbocycles. The van der Waals surface area contributed by atoms with Gasteiger partial charge >= 0.3 is 0 Å². The Bertz CT molecular complexity index is 543. The van der Waals surface area contributed by atoms with E-state index in [1.54, 1.807) is 7.11 Å². The van der Waals surface area contributed by atoms with Crippen molar-refractivity contribution in [3.05, 3.63) is 23.8 Å². The molecule has 0 saturated carbocycles. The average Bonchev–Trinajstić information content (AvgIpc) is 3.22. The molecule has 0 bridgehead atoms. The number of hydrogen-bond donors (Lipinski definition) is 1. The van der Waals surface area contributed by atoms with Gasteiger partial charge < -0.3 is 24.4 Å². The standard InChI is InChI=1S/C17H24N2O4/c1-21-8-7-19(17(20)10-14-3-2-6-18-14)11-13-4-5-15-16(9-13)23-12-22-15/h4-5,9,14,18H,2-3,6-8,10-12H2,1H3. The van der Waals surface area contributed by atoms with Gasteiger partial charge in [-0.05, 0) is 37.1 Å². The van der Waals surface area contributed by atoms with Gasteiger partial charge in [0.25, 0.3) is 0 Å². The van der Waals surface area contributed by atoms with Crippen LogP contribution in [-0.2, 0) is 16.1 Å². The molecule has 2 heterocycles. The number of ether oxygens (including phenoxy) is 3. The number of nitrogens with zero attached hydrogens (tertiary/aromatic N) is 1. The summed E-state index contributed by atoms with van der Waals surface area (Å²) in [4.78, 5) is 14.5. The number of carbonyl (C=O) groups excluding carboxylic acids is 1. The highest BCUT2D eigenvalue weighted by atomic mass is 16.7. The van der Waals surface area contributed by atoms with E-state index in [2.05, 4.69) is 5.32 Å². The van der Waals surface area contributed by atoms with E-state index in [1.807, 2.05) is 23.1 Å². The highest BCUT2D eigenvalue weighted by Gasteiger charge is 2.22. The maximum atomic E-state index is 12.6. The first-order chi connectivity index (χ1) is 11.3. The number of benzene rings is 1. The molecule has 0 radical (unpaired) electrons. The van der Waals surface area contributed by atoms with E-state index in [1.165, 1.54) is 0 Å². The van der Waals surface area contributed by atoms with Gasteiger partial charge in [0.2, 0.25) is 12.7 Å². The fourth-order valence-corrected chi connectivity index (χ4v) is 3.02. The van der Waals surface area contributed by atoms with E-state index in [-0.39, 0.29) is 12.7 Å². The zero-order valence-electron chi connectivity index (χ0n) is 13.5. The van der Waals surface area contributed by atoms with Crippen LogP contribution in [0.2, 0.25) is 0 Å². The van der Waals surface area contributed by atoms with E-state index in [0.717, 1.165) is 36.4 Å². The average molecular weight is 320 g/mol. The largest absolute Gasteiger partial charge is 0.454 e. The summed E-state index contributed by atoms with van der Waals surface area (Å²) in [7, 11) is 1.65. The van der Waals surface area contributed by atoms with Crippen LogP contribution in [0.3, 0.4) is 0 Å². The fourth-order valence-electron chi connectivity index (χ4n) is 3.02. The first kappa shape index (κ1) is 16.1. The van der Waals surface area contributed by atoms with Crippen LogP contribution in [0.25, 0.3) is 0 Å². The molecule has 0 aromatic heterocycles. The lowest BCUT2D eigenvalue weighted by atomic mass is 10.1. The lowest BCUT2D eigenvalue weighted by Crippen LogP contribution is -2.37. The van der Waals surface area contributed by atoms with E-state index in [9.17, 15) is 4.79 Å². The number of hydrogen-bond acceptors (Lipinski definition) is 5. The number of carbonyl (C=O) groups is 1. The monoisotopic (exact) mass is 320 g/mol. The number of fused-ring (bicyclic) bond motifs is 1. The van der Waals surface area contributed by atoms with Crippen LogP contribution in [0.4, 0.5) is 0 Å². The molecule has 1 fully saturated rings. The first-order valence-corrected chi connectivity index (χ1v) is 8.15. The minimum Gasteiger partial charge on any atom is -0.454 e. The van der Waals surface area contributed by atoms with E-state index in [0.29, 0.717) is 32.2 Å². The van der Waals surface area contributed by atoms with Gasteiger partial charge in [-0.15, -0.1) is 0 Å². The van der Waals surface area contributed by atoms with Crippen LogP contribution in [0.15, 0.2) is 18.2 Å². The van der Waals surface area contributed by atoms with Crippen LogP contribution in [0, 0.1) is 0 Å². The van der Waals surface area contributed by atoms with E-state index in [4.69, 9.17) is 14.2 Å². The lowest BCUT2D eigenvalue weighted by Gasteiger charge is -2.24. The molecule has 2 aliphatic rings. The Hall–Kier alpha value is -1.79. The third kappa shape index (κ3) is 4.14. The third-order valence-electron chi connectivity index (χ3n) is 4.31.